The van der Waals surface area contributed by atoms with Gasteiger partial charge in [0, 0.05) is 19.0 Å². The Balaban J connectivity index is 1.48. The fourth-order valence-electron chi connectivity index (χ4n) is 3.58. The highest BCUT2D eigenvalue weighted by Crippen LogP contribution is 2.37. The summed E-state index contributed by atoms with van der Waals surface area (Å²) < 4.78 is 10.6. The predicted molar refractivity (Wildman–Crippen MR) is 101 cm³/mol. The van der Waals surface area contributed by atoms with E-state index < -0.39 is 0 Å². The van der Waals surface area contributed by atoms with Crippen LogP contribution < -0.4 is 14.4 Å². The molecule has 2 amide bonds. The first-order valence-electron chi connectivity index (χ1n) is 9.00. The molecule has 0 bridgehead atoms. The van der Waals surface area contributed by atoms with E-state index >= 15 is 0 Å². The van der Waals surface area contributed by atoms with Crippen molar-refractivity contribution in [3.63, 3.8) is 0 Å². The first-order valence-corrected chi connectivity index (χ1v) is 9.00. The van der Waals surface area contributed by atoms with Gasteiger partial charge in [-0.25, -0.2) is 0 Å². The van der Waals surface area contributed by atoms with Crippen molar-refractivity contribution in [1.29, 1.82) is 0 Å². The van der Waals surface area contributed by atoms with Gasteiger partial charge in [0.05, 0.1) is 11.6 Å². The van der Waals surface area contributed by atoms with Gasteiger partial charge in [-0.1, -0.05) is 24.3 Å². The molecule has 27 heavy (non-hydrogen) atoms. The van der Waals surface area contributed by atoms with Crippen molar-refractivity contribution in [2.45, 2.75) is 19.4 Å². The highest BCUT2D eigenvalue weighted by molar-refractivity contribution is 6.21. The number of anilines is 1. The molecule has 0 aromatic heterocycles. The van der Waals surface area contributed by atoms with Crippen LogP contribution >= 0.6 is 0 Å². The zero-order valence-electron chi connectivity index (χ0n) is 15.5. The van der Waals surface area contributed by atoms with Crippen molar-refractivity contribution in [2.24, 2.45) is 5.92 Å². The van der Waals surface area contributed by atoms with Gasteiger partial charge in [-0.05, 0) is 43.8 Å². The lowest BCUT2D eigenvalue weighted by Gasteiger charge is -2.16. The summed E-state index contributed by atoms with van der Waals surface area (Å²) >= 11 is 0. The molecule has 0 saturated carbocycles. The Kier molecular flexibility index (Phi) is 4.58. The number of benzene rings is 2. The van der Waals surface area contributed by atoms with E-state index in [1.54, 1.807) is 18.2 Å². The quantitative estimate of drug-likeness (QED) is 0.762. The predicted octanol–water partition coefficient (Wildman–Crippen LogP) is 2.60. The second-order valence-corrected chi connectivity index (χ2v) is 7.26. The third-order valence-electron chi connectivity index (χ3n) is 4.86. The van der Waals surface area contributed by atoms with Crippen molar-refractivity contribution in [1.82, 2.24) is 4.90 Å². The van der Waals surface area contributed by atoms with Crippen molar-refractivity contribution in [2.75, 3.05) is 25.8 Å². The number of carbonyl (C=O) groups is 2. The topological polar surface area (TPSA) is 59.1 Å². The molecule has 2 aromatic rings. The molecule has 1 unspecified atom stereocenters. The molecule has 0 spiro atoms. The highest BCUT2D eigenvalue weighted by atomic mass is 16.7. The molecular weight excluding hydrogens is 344 g/mol. The van der Waals surface area contributed by atoms with Gasteiger partial charge < -0.3 is 14.4 Å². The van der Waals surface area contributed by atoms with Gasteiger partial charge in [0.1, 0.15) is 0 Å². The lowest BCUT2D eigenvalue weighted by atomic mass is 9.97. The summed E-state index contributed by atoms with van der Waals surface area (Å²) in [6, 6.07) is 13.4. The number of amides is 2. The van der Waals surface area contributed by atoms with Crippen LogP contribution in [0.5, 0.6) is 11.5 Å². The summed E-state index contributed by atoms with van der Waals surface area (Å²) in [5.74, 6) is 0.534. The normalized spacial score (nSPS) is 18.6. The molecule has 0 aliphatic carbocycles. The van der Waals surface area contributed by atoms with E-state index in [2.05, 4.69) is 17.0 Å². The fourth-order valence-corrected chi connectivity index (χ4v) is 3.58. The summed E-state index contributed by atoms with van der Waals surface area (Å²) in [6.07, 6.45) is 0.792. The minimum atomic E-state index is -0.331. The van der Waals surface area contributed by atoms with Gasteiger partial charge in [-0.2, -0.15) is 0 Å². The Morgan fingerprint density at radius 1 is 1.00 bits per heavy atom. The molecule has 2 aliphatic heterocycles. The fraction of sp³-hybridized carbons (Fsp3) is 0.333. The van der Waals surface area contributed by atoms with Crippen LogP contribution in [-0.2, 0) is 22.6 Å². The second kappa shape index (κ2) is 7.04. The lowest BCUT2D eigenvalue weighted by Crippen LogP contribution is -2.30. The van der Waals surface area contributed by atoms with Crippen LogP contribution in [0.25, 0.3) is 0 Å². The van der Waals surface area contributed by atoms with Gasteiger partial charge in [0.15, 0.2) is 11.5 Å². The van der Waals surface area contributed by atoms with E-state index in [-0.39, 0.29) is 30.9 Å². The third-order valence-corrected chi connectivity index (χ3v) is 4.86. The Morgan fingerprint density at radius 2 is 1.70 bits per heavy atom. The molecule has 0 N–H and O–H groups in total. The van der Waals surface area contributed by atoms with Gasteiger partial charge in [-0.15, -0.1) is 0 Å². The van der Waals surface area contributed by atoms with E-state index in [9.17, 15) is 9.59 Å². The van der Waals surface area contributed by atoms with E-state index in [1.165, 1.54) is 10.5 Å². The van der Waals surface area contributed by atoms with Gasteiger partial charge in [0.25, 0.3) is 0 Å². The van der Waals surface area contributed by atoms with Crippen LogP contribution in [0.1, 0.15) is 17.5 Å². The summed E-state index contributed by atoms with van der Waals surface area (Å²) in [7, 11) is 4.06. The number of nitrogens with zero attached hydrogens (tertiary/aromatic N) is 2. The van der Waals surface area contributed by atoms with E-state index in [1.807, 2.05) is 26.2 Å². The number of imide groups is 1. The van der Waals surface area contributed by atoms with E-state index in [0.717, 1.165) is 12.1 Å². The van der Waals surface area contributed by atoms with Crippen LogP contribution in [0.15, 0.2) is 42.5 Å². The maximum Gasteiger partial charge on any atom is 0.237 e. The number of ether oxygens (including phenoxy) is 2. The molecule has 140 valence electrons. The van der Waals surface area contributed by atoms with Crippen molar-refractivity contribution >= 4 is 17.5 Å². The number of hydrogen-bond acceptors (Lipinski definition) is 5. The second-order valence-electron chi connectivity index (χ2n) is 7.26. The first kappa shape index (κ1) is 17.5. The lowest BCUT2D eigenvalue weighted by molar-refractivity contribution is -0.122. The molecule has 1 atom stereocenters. The van der Waals surface area contributed by atoms with Gasteiger partial charge >= 0.3 is 0 Å². The van der Waals surface area contributed by atoms with Crippen LogP contribution in [0.4, 0.5) is 5.69 Å². The number of carbonyl (C=O) groups excluding carboxylic acids is 2. The van der Waals surface area contributed by atoms with Crippen LogP contribution in [0.3, 0.4) is 0 Å². The molecule has 2 aliphatic rings. The SMILES string of the molecule is CN(C)Cc1ccc(CC2CC(=O)N(c3ccc4c(c3)OCO4)C2=O)cc1. The smallest absolute Gasteiger partial charge is 0.237 e. The zero-order valence-corrected chi connectivity index (χ0v) is 15.5. The van der Waals surface area contributed by atoms with E-state index in [0.29, 0.717) is 23.6 Å². The maximum atomic E-state index is 12.9. The van der Waals surface area contributed by atoms with E-state index in [4.69, 9.17) is 9.47 Å². The molecule has 1 saturated heterocycles. The first-order chi connectivity index (χ1) is 13.0. The Labute approximate surface area is 158 Å². The summed E-state index contributed by atoms with van der Waals surface area (Å²) in [5.41, 5.74) is 2.83. The van der Waals surface area contributed by atoms with Crippen LogP contribution in [0, 0.1) is 5.92 Å². The Bertz CT molecular complexity index is 876. The molecule has 1 fully saturated rings. The third kappa shape index (κ3) is 3.53. The summed E-state index contributed by atoms with van der Waals surface area (Å²) in [4.78, 5) is 28.7. The maximum absolute atomic E-state index is 12.9. The van der Waals surface area contributed by atoms with Crippen molar-refractivity contribution < 1.29 is 19.1 Å². The van der Waals surface area contributed by atoms with Crippen molar-refractivity contribution in [3.8, 4) is 11.5 Å². The minimum Gasteiger partial charge on any atom is -0.454 e. The molecular formula is C21H22N2O4. The number of hydrogen-bond donors (Lipinski definition) is 0. The number of fused-ring (bicyclic) bond motifs is 1. The average Bonchev–Trinajstić information content (AvgIpc) is 3.20. The van der Waals surface area contributed by atoms with Gasteiger partial charge in [-0.3, -0.25) is 14.5 Å². The largest absolute Gasteiger partial charge is 0.454 e. The average molecular weight is 366 g/mol. The molecule has 6 heteroatoms. The highest BCUT2D eigenvalue weighted by Gasteiger charge is 2.39. The van der Waals surface area contributed by atoms with Crippen LogP contribution in [0.2, 0.25) is 0 Å². The molecule has 2 heterocycles. The summed E-state index contributed by atoms with van der Waals surface area (Å²) in [5, 5.41) is 0. The van der Waals surface area contributed by atoms with Gasteiger partial charge in [0.2, 0.25) is 18.6 Å². The molecule has 6 nitrogen and oxygen atoms in total. The number of rotatable bonds is 5. The van der Waals surface area contributed by atoms with Crippen LogP contribution in [-0.4, -0.2) is 37.6 Å². The molecule has 0 radical (unpaired) electrons. The Hall–Kier alpha value is -2.86. The molecule has 2 aromatic carbocycles. The standard InChI is InChI=1S/C21H22N2O4/c1-22(2)12-15-5-3-14(4-6-15)9-16-10-20(24)23(21(16)25)17-7-8-18-19(11-17)27-13-26-18/h3-8,11,16H,9-10,12-13H2,1-2H3. The summed E-state index contributed by atoms with van der Waals surface area (Å²) in [6.45, 7) is 1.03. The molecule has 4 rings (SSSR count). The van der Waals surface area contributed by atoms with Crippen molar-refractivity contribution in [3.05, 3.63) is 53.6 Å². The zero-order chi connectivity index (χ0) is 19.0. The monoisotopic (exact) mass is 366 g/mol. The minimum absolute atomic E-state index is 0.156. The Morgan fingerprint density at radius 3 is 2.44 bits per heavy atom.